The van der Waals surface area contributed by atoms with E-state index in [0.717, 1.165) is 87.8 Å². The van der Waals surface area contributed by atoms with Crippen LogP contribution in [0, 0.1) is 29.6 Å². The van der Waals surface area contributed by atoms with E-state index in [1.807, 2.05) is 60.9 Å². The number of ether oxygens (including phenoxy) is 1. The van der Waals surface area contributed by atoms with Crippen LogP contribution in [0.5, 0.6) is 0 Å². The summed E-state index contributed by atoms with van der Waals surface area (Å²) >= 11 is 0. The monoisotopic (exact) mass is 837 g/mol. The summed E-state index contributed by atoms with van der Waals surface area (Å²) < 4.78 is 4.77. The Morgan fingerprint density at radius 1 is 0.750 bits per heavy atom. The molecule has 56 heavy (non-hydrogen) atoms. The van der Waals surface area contributed by atoms with Crippen molar-refractivity contribution in [2.75, 3.05) is 20.2 Å². The van der Waals surface area contributed by atoms with Crippen LogP contribution in [-0.4, -0.2) is 73.9 Å². The average Bonchev–Trinajstić information content (AvgIpc) is 3.96. The lowest BCUT2D eigenvalue weighted by Gasteiger charge is -2.29. The van der Waals surface area contributed by atoms with Gasteiger partial charge >= 0.3 is 6.09 Å². The van der Waals surface area contributed by atoms with Crippen LogP contribution in [0.2, 0.25) is 0 Å². The molecule has 0 bridgehead atoms. The third-order valence-electron chi connectivity index (χ3n) is 10.8. The highest BCUT2D eigenvalue weighted by Crippen LogP contribution is 2.35. The SMILES string of the molecule is COC(=O)N[C@H](C(=O)N1CCC[C@H]1c1nc2c(ccc3cc(C#Cc4ccc5nc([C@@H]6CCCN6C(=O)[C@@H](C)C(C)C)[nH]c5c4)ccc32)[nH]1)C(C)C.S.S.S.S. The number of nitrogens with zero attached hydrogens (tertiary/aromatic N) is 4. The molecule has 7 rings (SSSR count). The molecule has 5 aromatic rings. The Hall–Kier alpha value is -3.97. The van der Waals surface area contributed by atoms with Gasteiger partial charge in [0.2, 0.25) is 11.8 Å². The number of aromatic nitrogens is 4. The number of hydrogen-bond acceptors (Lipinski definition) is 6. The zero-order chi connectivity index (χ0) is 36.7. The van der Waals surface area contributed by atoms with Crippen molar-refractivity contribution < 1.29 is 19.1 Å². The van der Waals surface area contributed by atoms with Crippen LogP contribution in [0.3, 0.4) is 0 Å². The first-order chi connectivity index (χ1) is 25.0. The van der Waals surface area contributed by atoms with Gasteiger partial charge in [0, 0.05) is 35.5 Å². The number of nitrogens with one attached hydrogen (secondary N) is 3. The van der Waals surface area contributed by atoms with E-state index in [1.54, 1.807) is 0 Å². The minimum atomic E-state index is -0.685. The largest absolute Gasteiger partial charge is 0.453 e. The van der Waals surface area contributed by atoms with Gasteiger partial charge in [-0.15, -0.1) is 0 Å². The first-order valence-corrected chi connectivity index (χ1v) is 18.4. The highest BCUT2D eigenvalue weighted by atomic mass is 32.1. The second-order valence-electron chi connectivity index (χ2n) is 14.9. The van der Waals surface area contributed by atoms with Crippen LogP contribution >= 0.6 is 54.0 Å². The minimum absolute atomic E-state index is 0. The molecule has 2 aliphatic heterocycles. The molecular weight excluding hydrogens is 783 g/mol. The van der Waals surface area contributed by atoms with Crippen molar-refractivity contribution >= 4 is 105 Å². The molecular formula is C41H55N7O4S4. The minimum Gasteiger partial charge on any atom is -0.453 e. The number of aromatic amines is 2. The maximum atomic E-state index is 13.6. The van der Waals surface area contributed by atoms with Crippen molar-refractivity contribution in [1.82, 2.24) is 35.1 Å². The van der Waals surface area contributed by atoms with Gasteiger partial charge < -0.3 is 29.8 Å². The third-order valence-corrected chi connectivity index (χ3v) is 10.8. The molecule has 0 saturated carbocycles. The Labute approximate surface area is 356 Å². The fourth-order valence-electron chi connectivity index (χ4n) is 7.52. The smallest absolute Gasteiger partial charge is 0.407 e. The van der Waals surface area contributed by atoms with Crippen molar-refractivity contribution in [1.29, 1.82) is 0 Å². The van der Waals surface area contributed by atoms with Crippen molar-refractivity contribution in [3.63, 3.8) is 0 Å². The summed E-state index contributed by atoms with van der Waals surface area (Å²) in [6.07, 6.45) is 2.90. The topological polar surface area (TPSA) is 136 Å². The van der Waals surface area contributed by atoms with Crippen LogP contribution < -0.4 is 5.32 Å². The molecule has 4 atom stereocenters. The summed E-state index contributed by atoms with van der Waals surface area (Å²) in [5.41, 5.74) is 5.29. The van der Waals surface area contributed by atoms with Gasteiger partial charge in [-0.05, 0) is 79.3 Å². The maximum Gasteiger partial charge on any atom is 0.407 e. The number of alkyl carbamates (subject to hydrolysis) is 1. The molecule has 3 N–H and O–H groups in total. The molecule has 4 heterocycles. The van der Waals surface area contributed by atoms with Crippen molar-refractivity contribution in [3.05, 3.63) is 71.3 Å². The number of benzene rings is 3. The van der Waals surface area contributed by atoms with E-state index < -0.39 is 12.1 Å². The number of amides is 3. The fourth-order valence-corrected chi connectivity index (χ4v) is 7.52. The molecule has 0 radical (unpaired) electrons. The Bertz CT molecular complexity index is 2240. The molecule has 2 saturated heterocycles. The highest BCUT2D eigenvalue weighted by Gasteiger charge is 2.38. The Kier molecular flexibility index (Phi) is 16.1. The van der Waals surface area contributed by atoms with E-state index in [9.17, 15) is 14.4 Å². The van der Waals surface area contributed by atoms with Gasteiger partial charge in [0.25, 0.3) is 0 Å². The summed E-state index contributed by atoms with van der Waals surface area (Å²) in [6.45, 7) is 11.4. The van der Waals surface area contributed by atoms with Gasteiger partial charge in [-0.2, -0.15) is 54.0 Å². The van der Waals surface area contributed by atoms with Gasteiger partial charge in [0.15, 0.2) is 0 Å². The van der Waals surface area contributed by atoms with Crippen LogP contribution in [0.1, 0.15) is 95.2 Å². The number of rotatable bonds is 7. The number of carbonyl (C=O) groups is 3. The van der Waals surface area contributed by atoms with E-state index in [-0.39, 0.29) is 89.7 Å². The molecule has 0 spiro atoms. The average molecular weight is 838 g/mol. The quantitative estimate of drug-likeness (QED) is 0.146. The molecule has 3 amide bonds. The zero-order valence-electron chi connectivity index (χ0n) is 32.7. The van der Waals surface area contributed by atoms with Gasteiger partial charge in [0.1, 0.15) is 17.7 Å². The second kappa shape index (κ2) is 19.5. The predicted molar refractivity (Wildman–Crippen MR) is 243 cm³/mol. The number of carbonyl (C=O) groups excluding carboxylic acids is 3. The van der Waals surface area contributed by atoms with Crippen LogP contribution in [0.15, 0.2) is 48.5 Å². The number of imidazole rings is 2. The molecule has 0 unspecified atom stereocenters. The second-order valence-corrected chi connectivity index (χ2v) is 14.9. The number of H-pyrrole nitrogens is 2. The predicted octanol–water partition coefficient (Wildman–Crippen LogP) is 7.44. The Balaban J connectivity index is 0.00000210. The molecule has 2 aromatic heterocycles. The Morgan fingerprint density at radius 3 is 1.96 bits per heavy atom. The third kappa shape index (κ3) is 9.25. The molecule has 11 nitrogen and oxygen atoms in total. The van der Waals surface area contributed by atoms with E-state index in [1.165, 1.54) is 7.11 Å². The molecule has 0 aliphatic carbocycles. The van der Waals surface area contributed by atoms with Crippen LogP contribution in [0.25, 0.3) is 32.8 Å². The Morgan fingerprint density at radius 2 is 1.34 bits per heavy atom. The van der Waals surface area contributed by atoms with Crippen molar-refractivity contribution in [3.8, 4) is 11.8 Å². The normalized spacial score (nSPS) is 17.4. The number of likely N-dealkylation sites (tertiary alicyclic amines) is 2. The van der Waals surface area contributed by atoms with E-state index in [0.29, 0.717) is 12.5 Å². The lowest BCUT2D eigenvalue weighted by molar-refractivity contribution is -0.137. The van der Waals surface area contributed by atoms with Gasteiger partial charge in [-0.3, -0.25) is 9.59 Å². The fraction of sp³-hybridized carbons (Fsp3) is 0.439. The number of methoxy groups -OCH3 is 1. The summed E-state index contributed by atoms with van der Waals surface area (Å²) in [4.78, 5) is 59.5. The van der Waals surface area contributed by atoms with Crippen molar-refractivity contribution in [2.24, 2.45) is 17.8 Å². The number of hydrogen-bond donors (Lipinski definition) is 3. The van der Waals surface area contributed by atoms with Gasteiger partial charge in [-0.1, -0.05) is 58.6 Å². The van der Waals surface area contributed by atoms with Crippen molar-refractivity contribution in [2.45, 2.75) is 78.4 Å². The summed E-state index contributed by atoms with van der Waals surface area (Å²) in [5, 5.41) is 4.74. The van der Waals surface area contributed by atoms with E-state index >= 15 is 0 Å². The summed E-state index contributed by atoms with van der Waals surface area (Å²) in [5.74, 6) is 8.47. The molecule has 3 aromatic carbocycles. The highest BCUT2D eigenvalue weighted by molar-refractivity contribution is 7.59. The van der Waals surface area contributed by atoms with Crippen LogP contribution in [0.4, 0.5) is 4.79 Å². The zero-order valence-corrected chi connectivity index (χ0v) is 36.7. The lowest BCUT2D eigenvalue weighted by Crippen LogP contribution is -2.51. The maximum absolute atomic E-state index is 13.6. The first-order valence-electron chi connectivity index (χ1n) is 18.4. The molecule has 302 valence electrons. The summed E-state index contributed by atoms with van der Waals surface area (Å²) in [6, 6.07) is 15.3. The van der Waals surface area contributed by atoms with Gasteiger partial charge in [0.05, 0.1) is 41.3 Å². The lowest BCUT2D eigenvalue weighted by atomic mass is 9.96. The molecule has 15 heteroatoms. The summed E-state index contributed by atoms with van der Waals surface area (Å²) in [7, 11) is 1.30. The number of fused-ring (bicyclic) bond motifs is 4. The molecule has 2 aliphatic rings. The molecule has 2 fully saturated rings. The standard InChI is InChI=1S/C41H47N7O4.4H2S/c1-23(2)25(5)39(49)47-19-7-9-33(47)37-42-30-17-14-27(22-32(30)44-37)12-11-26-13-16-29-28(21-26)15-18-31-36(29)45-38(43-31)34-10-8-20-48(34)40(50)35(24(3)4)46-41(51)52-6;;;;/h13-18,21-25,33-35H,7-10,19-20H2,1-6H3,(H,42,44)(H,43,45)(H,46,51);4*1H2/t25-,33-,34-,35-;;;;/m0..../s1. The van der Waals surface area contributed by atoms with E-state index in [4.69, 9.17) is 14.7 Å². The van der Waals surface area contributed by atoms with E-state index in [2.05, 4.69) is 59.2 Å². The van der Waals surface area contributed by atoms with Crippen LogP contribution in [-0.2, 0) is 14.3 Å². The van der Waals surface area contributed by atoms with Gasteiger partial charge in [-0.25, -0.2) is 14.8 Å². The first kappa shape index (κ1) is 46.4.